The lowest BCUT2D eigenvalue weighted by Gasteiger charge is -2.23. The molecule has 1 N–H and O–H groups in total. The molecule has 0 bridgehead atoms. The molecule has 0 saturated heterocycles. The molecular weight excluding hydrogens is 442 g/mol. The van der Waals surface area contributed by atoms with Crippen LogP contribution >= 0.6 is 11.3 Å². The van der Waals surface area contributed by atoms with Crippen LogP contribution < -0.4 is 5.32 Å². The quantitative estimate of drug-likeness (QED) is 0.404. The largest absolute Gasteiger partial charge is 0.352 e. The molecule has 0 fully saturated rings. The van der Waals surface area contributed by atoms with Crippen LogP contribution in [0.5, 0.6) is 0 Å². The third-order valence-electron chi connectivity index (χ3n) is 5.05. The lowest BCUT2D eigenvalue weighted by Crippen LogP contribution is -2.24. The zero-order valence-electron chi connectivity index (χ0n) is 18.6. The summed E-state index contributed by atoms with van der Waals surface area (Å²) in [5.41, 5.74) is 3.71. The molecular formula is C25H24F2N4OS. The lowest BCUT2D eigenvalue weighted by molar-refractivity contribution is -0.120. The highest BCUT2D eigenvalue weighted by Crippen LogP contribution is 2.36. The minimum absolute atomic E-state index is 0.136. The minimum atomic E-state index is -0.310. The van der Waals surface area contributed by atoms with Gasteiger partial charge in [-0.1, -0.05) is 12.1 Å². The maximum Gasteiger partial charge on any atom is 0.226 e. The van der Waals surface area contributed by atoms with Crippen molar-refractivity contribution in [2.75, 3.05) is 0 Å². The first-order valence-electron chi connectivity index (χ1n) is 10.5. The molecule has 1 amide bonds. The number of nitrogens with one attached hydrogen (secondary N) is 1. The average Bonchev–Trinajstić information content (AvgIpc) is 3.41. The van der Waals surface area contributed by atoms with Gasteiger partial charge in [0.05, 0.1) is 35.1 Å². The van der Waals surface area contributed by atoms with Crippen molar-refractivity contribution >= 4 is 17.2 Å². The molecule has 0 atom stereocenters. The Labute approximate surface area is 195 Å². The van der Waals surface area contributed by atoms with E-state index in [0.29, 0.717) is 12.2 Å². The summed E-state index contributed by atoms with van der Waals surface area (Å²) in [7, 11) is 0. The number of carbonyl (C=O) groups excluding carboxylic acids is 1. The van der Waals surface area contributed by atoms with E-state index in [1.807, 2.05) is 10.1 Å². The van der Waals surface area contributed by atoms with E-state index in [4.69, 9.17) is 0 Å². The molecule has 2 aromatic carbocycles. The molecule has 8 heteroatoms. The van der Waals surface area contributed by atoms with Crippen molar-refractivity contribution in [2.45, 2.75) is 39.3 Å². The number of hydrogen-bond acceptors (Lipinski definition) is 4. The van der Waals surface area contributed by atoms with E-state index >= 15 is 0 Å². The fraction of sp³-hybridized carbons (Fsp3) is 0.240. The summed E-state index contributed by atoms with van der Waals surface area (Å²) < 4.78 is 28.4. The topological polar surface area (TPSA) is 59.8 Å². The molecule has 170 valence electrons. The van der Waals surface area contributed by atoms with Crippen LogP contribution in [0.15, 0.2) is 60.1 Å². The number of amides is 1. The Kier molecular flexibility index (Phi) is 6.37. The summed E-state index contributed by atoms with van der Waals surface area (Å²) in [4.78, 5) is 17.0. The zero-order chi connectivity index (χ0) is 23.6. The number of benzene rings is 2. The van der Waals surface area contributed by atoms with Crippen molar-refractivity contribution in [1.29, 1.82) is 0 Å². The highest BCUT2D eigenvalue weighted by atomic mass is 32.1. The molecule has 0 saturated carbocycles. The fourth-order valence-electron chi connectivity index (χ4n) is 3.44. The summed E-state index contributed by atoms with van der Waals surface area (Å²) in [5.74, 6) is -0.777. The van der Waals surface area contributed by atoms with Crippen LogP contribution in [0.3, 0.4) is 0 Å². The monoisotopic (exact) mass is 466 g/mol. The minimum Gasteiger partial charge on any atom is -0.352 e. The first-order chi connectivity index (χ1) is 15.7. The first-order valence-corrected chi connectivity index (χ1v) is 11.4. The number of halogens is 2. The Morgan fingerprint density at radius 2 is 1.67 bits per heavy atom. The molecule has 2 heterocycles. The average molecular weight is 467 g/mol. The highest BCUT2D eigenvalue weighted by Gasteiger charge is 2.24. The molecule has 5 nitrogen and oxygen atoms in total. The second-order valence-corrected chi connectivity index (χ2v) is 9.58. The molecule has 0 unspecified atom stereocenters. The normalized spacial score (nSPS) is 11.5. The third kappa shape index (κ3) is 5.34. The second-order valence-electron chi connectivity index (χ2n) is 8.72. The van der Waals surface area contributed by atoms with Gasteiger partial charge in [-0.25, -0.2) is 13.8 Å². The lowest BCUT2D eigenvalue weighted by atomic mass is 10.0. The van der Waals surface area contributed by atoms with Gasteiger partial charge in [0.1, 0.15) is 16.6 Å². The van der Waals surface area contributed by atoms with Gasteiger partial charge in [-0.05, 0) is 62.7 Å². The molecule has 0 aliphatic carbocycles. The zero-order valence-corrected chi connectivity index (χ0v) is 19.4. The number of nitrogens with zero attached hydrogens (tertiary/aromatic N) is 3. The maximum atomic E-state index is 13.5. The number of rotatable bonds is 6. The molecule has 4 rings (SSSR count). The second kappa shape index (κ2) is 9.23. The summed E-state index contributed by atoms with van der Waals surface area (Å²) in [6.07, 6.45) is 1.90. The Balaban J connectivity index is 1.54. The predicted molar refractivity (Wildman–Crippen MR) is 126 cm³/mol. The van der Waals surface area contributed by atoms with Gasteiger partial charge >= 0.3 is 0 Å². The molecule has 4 aromatic rings. The summed E-state index contributed by atoms with van der Waals surface area (Å²) in [6, 6.07) is 12.3. The fourth-order valence-corrected chi connectivity index (χ4v) is 4.27. The van der Waals surface area contributed by atoms with E-state index in [9.17, 15) is 13.6 Å². The molecule has 0 aliphatic heterocycles. The van der Waals surface area contributed by atoms with Crippen molar-refractivity contribution < 1.29 is 13.6 Å². The van der Waals surface area contributed by atoms with Crippen molar-refractivity contribution in [1.82, 2.24) is 20.1 Å². The highest BCUT2D eigenvalue weighted by molar-refractivity contribution is 7.13. The molecule has 2 aromatic heterocycles. The molecule has 0 aliphatic rings. The van der Waals surface area contributed by atoms with Gasteiger partial charge in [-0.3, -0.25) is 9.48 Å². The van der Waals surface area contributed by atoms with Gasteiger partial charge in [-0.15, -0.1) is 11.3 Å². The van der Waals surface area contributed by atoms with Crippen LogP contribution in [0.2, 0.25) is 0 Å². The molecule has 0 spiro atoms. The van der Waals surface area contributed by atoms with E-state index in [1.165, 1.54) is 35.6 Å². The third-order valence-corrected chi connectivity index (χ3v) is 5.97. The van der Waals surface area contributed by atoms with Crippen molar-refractivity contribution in [3.8, 4) is 21.8 Å². The maximum absolute atomic E-state index is 13.5. The van der Waals surface area contributed by atoms with Crippen molar-refractivity contribution in [2.24, 2.45) is 0 Å². The van der Waals surface area contributed by atoms with Gasteiger partial charge in [-0.2, -0.15) is 5.10 Å². The summed E-state index contributed by atoms with van der Waals surface area (Å²) in [6.45, 7) is 6.48. The smallest absolute Gasteiger partial charge is 0.226 e. The van der Waals surface area contributed by atoms with Crippen LogP contribution in [-0.4, -0.2) is 20.7 Å². The van der Waals surface area contributed by atoms with E-state index in [1.54, 1.807) is 30.5 Å². The first kappa shape index (κ1) is 22.8. The van der Waals surface area contributed by atoms with Gasteiger partial charge in [0.25, 0.3) is 0 Å². The van der Waals surface area contributed by atoms with Gasteiger partial charge < -0.3 is 5.32 Å². The van der Waals surface area contributed by atoms with Crippen molar-refractivity contribution in [3.05, 3.63) is 83.0 Å². The Morgan fingerprint density at radius 3 is 2.30 bits per heavy atom. The Bertz CT molecular complexity index is 1260. The van der Waals surface area contributed by atoms with Gasteiger partial charge in [0.15, 0.2) is 0 Å². The van der Waals surface area contributed by atoms with Gasteiger partial charge in [0.2, 0.25) is 5.91 Å². The van der Waals surface area contributed by atoms with Crippen LogP contribution in [-0.2, 0) is 23.3 Å². The van der Waals surface area contributed by atoms with Crippen molar-refractivity contribution in [3.63, 3.8) is 0 Å². The van der Waals surface area contributed by atoms with E-state index < -0.39 is 0 Å². The van der Waals surface area contributed by atoms with Crippen LogP contribution in [0.25, 0.3) is 21.8 Å². The summed E-state index contributed by atoms with van der Waals surface area (Å²) in [5, 5.41) is 10.0. The van der Waals surface area contributed by atoms with Gasteiger partial charge in [0, 0.05) is 17.5 Å². The molecule has 33 heavy (non-hydrogen) atoms. The SMILES string of the molecule is CC(C)(C)n1ncc(-c2nc(CC(=O)NCc3ccc(F)cc3)cs2)c1-c1ccc(F)cc1. The predicted octanol–water partition coefficient (Wildman–Crippen LogP) is 5.57. The Hall–Kier alpha value is -3.39. The standard InChI is InChI=1S/C25H24F2N4OS/c1-25(2,3)31-23(17-6-10-19(27)11-7-17)21(14-29-31)24-30-20(15-33-24)12-22(32)28-13-16-4-8-18(26)9-5-16/h4-11,14-15H,12-13H2,1-3H3,(H,28,32). The van der Waals surface area contributed by atoms with E-state index in [-0.39, 0.29) is 29.5 Å². The van der Waals surface area contributed by atoms with E-state index in [2.05, 4.69) is 36.2 Å². The van der Waals surface area contributed by atoms with Crippen LogP contribution in [0.4, 0.5) is 8.78 Å². The number of thiazole rings is 1. The number of hydrogen-bond donors (Lipinski definition) is 1. The van der Waals surface area contributed by atoms with E-state index in [0.717, 1.165) is 27.4 Å². The number of carbonyl (C=O) groups is 1. The molecule has 0 radical (unpaired) electrons. The van der Waals surface area contributed by atoms with Crippen LogP contribution in [0.1, 0.15) is 32.0 Å². The number of aromatic nitrogens is 3. The van der Waals surface area contributed by atoms with Crippen LogP contribution in [0, 0.1) is 11.6 Å². The Morgan fingerprint density at radius 1 is 1.03 bits per heavy atom. The summed E-state index contributed by atoms with van der Waals surface area (Å²) >= 11 is 1.44.